The molecule has 4 nitrogen and oxygen atoms in total. The number of hydrogen-bond acceptors (Lipinski definition) is 4. The van der Waals surface area contributed by atoms with E-state index in [4.69, 9.17) is 21.1 Å². The highest BCUT2D eigenvalue weighted by molar-refractivity contribution is 6.18. The molecule has 0 fully saturated rings. The summed E-state index contributed by atoms with van der Waals surface area (Å²) in [4.78, 5) is 4.30. The zero-order chi connectivity index (χ0) is 13.6. The van der Waals surface area contributed by atoms with Gasteiger partial charge in [0.15, 0.2) is 11.5 Å². The van der Waals surface area contributed by atoms with Gasteiger partial charge in [-0.1, -0.05) is 13.8 Å². The van der Waals surface area contributed by atoms with Crippen LogP contribution in [0.3, 0.4) is 0 Å². The van der Waals surface area contributed by atoms with Crippen LogP contribution >= 0.6 is 11.6 Å². The van der Waals surface area contributed by atoms with E-state index in [0.29, 0.717) is 23.9 Å². The molecule has 5 heteroatoms. The summed E-state index contributed by atoms with van der Waals surface area (Å²) >= 11 is 5.88. The van der Waals surface area contributed by atoms with E-state index in [2.05, 4.69) is 24.1 Å². The van der Waals surface area contributed by atoms with Crippen molar-refractivity contribution in [2.75, 3.05) is 26.6 Å². The number of nitrogens with zero attached hydrogens (tertiary/aromatic N) is 1. The molecule has 0 aliphatic carbocycles. The van der Waals surface area contributed by atoms with Crippen molar-refractivity contribution in [3.63, 3.8) is 0 Å². The van der Waals surface area contributed by atoms with Gasteiger partial charge in [-0.3, -0.25) is 4.98 Å². The highest BCUT2D eigenvalue weighted by atomic mass is 35.5. The Morgan fingerprint density at radius 3 is 2.61 bits per heavy atom. The molecule has 0 amide bonds. The van der Waals surface area contributed by atoms with Gasteiger partial charge in [-0.2, -0.15) is 0 Å². The Morgan fingerprint density at radius 1 is 1.33 bits per heavy atom. The van der Waals surface area contributed by atoms with Crippen LogP contribution in [-0.2, 0) is 6.54 Å². The number of methoxy groups -OCH3 is 2. The molecule has 0 aliphatic rings. The number of halogens is 1. The number of hydrogen-bond donors (Lipinski definition) is 1. The van der Waals surface area contributed by atoms with E-state index >= 15 is 0 Å². The Labute approximate surface area is 114 Å². The van der Waals surface area contributed by atoms with E-state index in [9.17, 15) is 0 Å². The Balaban J connectivity index is 2.67. The Kier molecular flexibility index (Phi) is 5.69. The molecule has 0 radical (unpaired) electrons. The van der Waals surface area contributed by atoms with E-state index in [1.54, 1.807) is 26.5 Å². The third kappa shape index (κ3) is 4.03. The van der Waals surface area contributed by atoms with Crippen molar-refractivity contribution in [2.45, 2.75) is 20.4 Å². The van der Waals surface area contributed by atoms with Gasteiger partial charge in [-0.25, -0.2) is 0 Å². The number of rotatable bonds is 7. The van der Waals surface area contributed by atoms with Gasteiger partial charge in [0.1, 0.15) is 0 Å². The zero-order valence-corrected chi connectivity index (χ0v) is 12.2. The Morgan fingerprint density at radius 2 is 2.06 bits per heavy atom. The second-order valence-electron chi connectivity index (χ2n) is 4.89. The van der Waals surface area contributed by atoms with E-state index in [1.807, 2.05) is 0 Å². The number of ether oxygens (including phenoxy) is 2. The molecule has 1 aromatic heterocycles. The first-order valence-electron chi connectivity index (χ1n) is 5.86. The summed E-state index contributed by atoms with van der Waals surface area (Å²) in [6.45, 7) is 5.67. The fourth-order valence-electron chi connectivity index (χ4n) is 1.54. The molecule has 1 heterocycles. The van der Waals surface area contributed by atoms with Crippen molar-refractivity contribution >= 4 is 11.6 Å². The monoisotopic (exact) mass is 272 g/mol. The summed E-state index contributed by atoms with van der Waals surface area (Å²) in [5.74, 6) is 1.99. The maximum atomic E-state index is 5.88. The maximum Gasteiger partial charge on any atom is 0.183 e. The molecular weight excluding hydrogens is 252 g/mol. The molecule has 0 aromatic carbocycles. The smallest absolute Gasteiger partial charge is 0.183 e. The number of nitrogens with one attached hydrogen (secondary N) is 1. The van der Waals surface area contributed by atoms with E-state index in [1.165, 1.54) is 0 Å². The summed E-state index contributed by atoms with van der Waals surface area (Å²) in [5, 5.41) is 3.34. The van der Waals surface area contributed by atoms with Crippen LogP contribution in [0.1, 0.15) is 19.5 Å². The van der Waals surface area contributed by atoms with Crippen molar-refractivity contribution in [2.24, 2.45) is 5.41 Å². The van der Waals surface area contributed by atoms with Gasteiger partial charge < -0.3 is 14.8 Å². The molecule has 18 heavy (non-hydrogen) atoms. The molecule has 0 atom stereocenters. The fourth-order valence-corrected chi connectivity index (χ4v) is 1.64. The molecular formula is C13H21ClN2O2. The normalized spacial score (nSPS) is 11.4. The molecule has 0 aliphatic heterocycles. The zero-order valence-electron chi connectivity index (χ0n) is 11.4. The molecule has 1 aromatic rings. The molecule has 0 spiro atoms. The average Bonchev–Trinajstić information content (AvgIpc) is 2.38. The van der Waals surface area contributed by atoms with Gasteiger partial charge in [-0.15, -0.1) is 11.6 Å². The topological polar surface area (TPSA) is 43.4 Å². The van der Waals surface area contributed by atoms with Crippen molar-refractivity contribution in [1.82, 2.24) is 10.3 Å². The first-order valence-corrected chi connectivity index (χ1v) is 6.40. The minimum atomic E-state index is 0.0632. The third-order valence-electron chi connectivity index (χ3n) is 2.62. The van der Waals surface area contributed by atoms with E-state index in [0.717, 1.165) is 12.2 Å². The molecule has 102 valence electrons. The van der Waals surface area contributed by atoms with Crippen molar-refractivity contribution in [3.8, 4) is 11.5 Å². The fraction of sp³-hybridized carbons (Fsp3) is 0.615. The van der Waals surface area contributed by atoms with Crippen LogP contribution in [0.15, 0.2) is 12.3 Å². The lowest BCUT2D eigenvalue weighted by molar-refractivity contribution is 0.344. The van der Waals surface area contributed by atoms with Crippen LogP contribution in [-0.4, -0.2) is 31.6 Å². The molecule has 1 N–H and O–H groups in total. The van der Waals surface area contributed by atoms with Crippen LogP contribution in [0, 0.1) is 5.41 Å². The lowest BCUT2D eigenvalue weighted by Crippen LogP contribution is -2.30. The minimum absolute atomic E-state index is 0.0632. The maximum absolute atomic E-state index is 5.88. The Bertz CT molecular complexity index is 383. The second-order valence-corrected chi connectivity index (χ2v) is 5.16. The van der Waals surface area contributed by atoms with Crippen molar-refractivity contribution < 1.29 is 9.47 Å². The molecule has 0 bridgehead atoms. The van der Waals surface area contributed by atoms with E-state index < -0.39 is 0 Å². The number of alkyl halides is 1. The second kappa shape index (κ2) is 6.81. The molecule has 0 saturated carbocycles. The molecule has 1 rings (SSSR count). The molecule has 0 saturated heterocycles. The highest BCUT2D eigenvalue weighted by Gasteiger charge is 2.17. The lowest BCUT2D eigenvalue weighted by Gasteiger charge is -2.22. The van der Waals surface area contributed by atoms with Crippen LogP contribution in [0.25, 0.3) is 0 Å². The summed E-state index contributed by atoms with van der Waals surface area (Å²) in [6.07, 6.45) is 1.71. The van der Waals surface area contributed by atoms with E-state index in [-0.39, 0.29) is 5.41 Å². The van der Waals surface area contributed by atoms with Gasteiger partial charge in [0, 0.05) is 31.2 Å². The van der Waals surface area contributed by atoms with Crippen LogP contribution in [0.4, 0.5) is 0 Å². The quantitative estimate of drug-likeness (QED) is 0.775. The first kappa shape index (κ1) is 15.1. The predicted molar refractivity (Wildman–Crippen MR) is 73.5 cm³/mol. The molecule has 0 unspecified atom stereocenters. The summed E-state index contributed by atoms with van der Waals surface area (Å²) in [5.41, 5.74) is 0.899. The van der Waals surface area contributed by atoms with Gasteiger partial charge in [0.05, 0.1) is 19.9 Å². The van der Waals surface area contributed by atoms with Crippen LogP contribution in [0.2, 0.25) is 0 Å². The van der Waals surface area contributed by atoms with Crippen molar-refractivity contribution in [1.29, 1.82) is 0 Å². The number of aromatic nitrogens is 1. The lowest BCUT2D eigenvalue weighted by atomic mass is 9.96. The minimum Gasteiger partial charge on any atom is -0.493 e. The third-order valence-corrected chi connectivity index (χ3v) is 3.35. The first-order chi connectivity index (χ1) is 8.54. The number of pyridine rings is 1. The van der Waals surface area contributed by atoms with Crippen LogP contribution < -0.4 is 14.8 Å². The van der Waals surface area contributed by atoms with Gasteiger partial charge in [0.2, 0.25) is 0 Å². The summed E-state index contributed by atoms with van der Waals surface area (Å²) in [6, 6.07) is 1.78. The predicted octanol–water partition coefficient (Wildman–Crippen LogP) is 2.45. The van der Waals surface area contributed by atoms with Crippen molar-refractivity contribution in [3.05, 3.63) is 18.0 Å². The van der Waals surface area contributed by atoms with Gasteiger partial charge >= 0.3 is 0 Å². The SMILES string of the molecule is COc1ccnc(CNCC(C)(C)CCl)c1OC. The average molecular weight is 273 g/mol. The van der Waals surface area contributed by atoms with Gasteiger partial charge in [0.25, 0.3) is 0 Å². The standard InChI is InChI=1S/C13H21ClN2O2/c1-13(2,8-14)9-15-7-10-12(18-4)11(17-3)5-6-16-10/h5-6,15H,7-9H2,1-4H3. The largest absolute Gasteiger partial charge is 0.493 e. The summed E-state index contributed by atoms with van der Waals surface area (Å²) < 4.78 is 10.6. The van der Waals surface area contributed by atoms with Gasteiger partial charge in [-0.05, 0) is 5.41 Å². The Hall–Kier alpha value is -1.00. The highest BCUT2D eigenvalue weighted by Crippen LogP contribution is 2.28. The summed E-state index contributed by atoms with van der Waals surface area (Å²) in [7, 11) is 3.23. The van der Waals surface area contributed by atoms with Crippen LogP contribution in [0.5, 0.6) is 11.5 Å².